The average molecular weight is 204 g/mol. The number of nitrogens with one attached hydrogen (secondary N) is 1. The quantitative estimate of drug-likeness (QED) is 0.523. The molecule has 5 heteroatoms. The van der Waals surface area contributed by atoms with Crippen molar-refractivity contribution in [2.45, 2.75) is 19.4 Å². The first-order valence-corrected chi connectivity index (χ1v) is 4.76. The third-order valence-electron chi connectivity index (χ3n) is 1.55. The molecule has 0 aromatic carbocycles. The molecule has 0 rings (SSSR count). The van der Waals surface area contributed by atoms with E-state index in [1.165, 1.54) is 0 Å². The molecule has 1 amide bonds. The molecular formula is C9H20N2O3. The molecule has 0 aliphatic rings. The minimum Gasteiger partial charge on any atom is -0.383 e. The Labute approximate surface area is 84.9 Å². The van der Waals surface area contributed by atoms with Crippen molar-refractivity contribution < 1.29 is 14.3 Å². The molecule has 0 spiro atoms. The van der Waals surface area contributed by atoms with Crippen LogP contribution in [0.2, 0.25) is 0 Å². The van der Waals surface area contributed by atoms with Gasteiger partial charge in [0.1, 0.15) is 6.61 Å². The highest BCUT2D eigenvalue weighted by atomic mass is 16.5. The summed E-state index contributed by atoms with van der Waals surface area (Å²) in [5.41, 5.74) is 5.27. The Hall–Kier alpha value is -0.650. The maximum Gasteiger partial charge on any atom is 0.246 e. The predicted octanol–water partition coefficient (Wildman–Crippen LogP) is -0.497. The van der Waals surface area contributed by atoms with Crippen LogP contribution in [0.4, 0.5) is 0 Å². The van der Waals surface area contributed by atoms with Gasteiger partial charge in [0.2, 0.25) is 5.91 Å². The summed E-state index contributed by atoms with van der Waals surface area (Å²) in [7, 11) is 1.60. The molecule has 3 N–H and O–H groups in total. The summed E-state index contributed by atoms with van der Waals surface area (Å²) >= 11 is 0. The van der Waals surface area contributed by atoms with Gasteiger partial charge in [0.15, 0.2) is 0 Å². The molecule has 0 saturated carbocycles. The lowest BCUT2D eigenvalue weighted by molar-refractivity contribution is -0.126. The SMILES string of the molecule is COCC(C)NC(=O)COCCCN. The Balaban J connectivity index is 3.35. The largest absolute Gasteiger partial charge is 0.383 e. The van der Waals surface area contributed by atoms with E-state index in [-0.39, 0.29) is 18.6 Å². The first-order valence-electron chi connectivity index (χ1n) is 4.76. The van der Waals surface area contributed by atoms with E-state index in [1.54, 1.807) is 7.11 Å². The van der Waals surface area contributed by atoms with E-state index >= 15 is 0 Å². The summed E-state index contributed by atoms with van der Waals surface area (Å²) in [6.45, 7) is 3.59. The van der Waals surface area contributed by atoms with E-state index in [2.05, 4.69) is 5.32 Å². The van der Waals surface area contributed by atoms with Crippen molar-refractivity contribution in [3.63, 3.8) is 0 Å². The molecule has 0 radical (unpaired) electrons. The molecule has 1 unspecified atom stereocenters. The van der Waals surface area contributed by atoms with Crippen LogP contribution in [0.25, 0.3) is 0 Å². The van der Waals surface area contributed by atoms with Crippen molar-refractivity contribution in [3.05, 3.63) is 0 Å². The molecule has 14 heavy (non-hydrogen) atoms. The van der Waals surface area contributed by atoms with E-state index in [1.807, 2.05) is 6.92 Å². The fourth-order valence-electron chi connectivity index (χ4n) is 0.958. The summed E-state index contributed by atoms with van der Waals surface area (Å²) in [6.07, 6.45) is 0.779. The van der Waals surface area contributed by atoms with Crippen molar-refractivity contribution in [2.75, 3.05) is 33.5 Å². The number of nitrogens with two attached hydrogens (primary N) is 1. The van der Waals surface area contributed by atoms with Gasteiger partial charge in [0, 0.05) is 19.8 Å². The highest BCUT2D eigenvalue weighted by molar-refractivity contribution is 5.77. The first-order chi connectivity index (χ1) is 6.70. The molecule has 0 aromatic heterocycles. The van der Waals surface area contributed by atoms with Crippen LogP contribution in [0.15, 0.2) is 0 Å². The van der Waals surface area contributed by atoms with E-state index in [0.29, 0.717) is 19.8 Å². The van der Waals surface area contributed by atoms with Crippen LogP contribution in [-0.4, -0.2) is 45.4 Å². The number of rotatable bonds is 8. The van der Waals surface area contributed by atoms with E-state index < -0.39 is 0 Å². The average Bonchev–Trinajstić information content (AvgIpc) is 2.13. The molecule has 0 fully saturated rings. The third-order valence-corrected chi connectivity index (χ3v) is 1.55. The van der Waals surface area contributed by atoms with E-state index in [0.717, 1.165) is 6.42 Å². The van der Waals surface area contributed by atoms with Gasteiger partial charge in [-0.3, -0.25) is 4.79 Å². The number of amides is 1. The minimum atomic E-state index is -0.119. The lowest BCUT2D eigenvalue weighted by Gasteiger charge is -2.12. The Morgan fingerprint density at radius 3 is 2.86 bits per heavy atom. The zero-order valence-corrected chi connectivity index (χ0v) is 8.91. The second-order valence-corrected chi connectivity index (χ2v) is 3.12. The van der Waals surface area contributed by atoms with Crippen molar-refractivity contribution in [1.82, 2.24) is 5.32 Å². The molecule has 5 nitrogen and oxygen atoms in total. The number of hydrogen-bond acceptors (Lipinski definition) is 4. The van der Waals surface area contributed by atoms with E-state index in [4.69, 9.17) is 15.2 Å². The Kier molecular flexibility index (Phi) is 8.51. The lowest BCUT2D eigenvalue weighted by Crippen LogP contribution is -2.38. The number of carbonyl (C=O) groups excluding carboxylic acids is 1. The normalized spacial score (nSPS) is 12.5. The molecule has 84 valence electrons. The van der Waals surface area contributed by atoms with Gasteiger partial charge >= 0.3 is 0 Å². The molecule has 0 saturated heterocycles. The fraction of sp³-hybridized carbons (Fsp3) is 0.889. The van der Waals surface area contributed by atoms with Gasteiger partial charge in [0.25, 0.3) is 0 Å². The van der Waals surface area contributed by atoms with Gasteiger partial charge < -0.3 is 20.5 Å². The Bertz CT molecular complexity index is 153. The van der Waals surface area contributed by atoms with Crippen molar-refractivity contribution in [3.8, 4) is 0 Å². The first kappa shape index (κ1) is 13.4. The number of carbonyl (C=O) groups is 1. The maximum atomic E-state index is 11.2. The van der Waals surface area contributed by atoms with Gasteiger partial charge in [0.05, 0.1) is 6.61 Å². The number of ether oxygens (including phenoxy) is 2. The van der Waals surface area contributed by atoms with Crippen molar-refractivity contribution in [1.29, 1.82) is 0 Å². The van der Waals surface area contributed by atoms with Crippen molar-refractivity contribution in [2.24, 2.45) is 5.73 Å². The second-order valence-electron chi connectivity index (χ2n) is 3.12. The summed E-state index contributed by atoms with van der Waals surface area (Å²) in [5, 5.41) is 2.74. The molecule has 0 aliphatic carbocycles. The van der Waals surface area contributed by atoms with Gasteiger partial charge in [-0.1, -0.05) is 0 Å². The van der Waals surface area contributed by atoms with E-state index in [9.17, 15) is 4.79 Å². The highest BCUT2D eigenvalue weighted by Gasteiger charge is 2.06. The topological polar surface area (TPSA) is 73.6 Å². The highest BCUT2D eigenvalue weighted by Crippen LogP contribution is 1.84. The standard InChI is InChI=1S/C9H20N2O3/c1-8(6-13-2)11-9(12)7-14-5-3-4-10/h8H,3-7,10H2,1-2H3,(H,11,12). The summed E-state index contributed by atoms with van der Waals surface area (Å²) in [6, 6.07) is 0.0191. The predicted molar refractivity (Wildman–Crippen MR) is 54.0 cm³/mol. The minimum absolute atomic E-state index is 0.0191. The molecule has 0 heterocycles. The van der Waals surface area contributed by atoms with Crippen LogP contribution in [0.3, 0.4) is 0 Å². The maximum absolute atomic E-state index is 11.2. The van der Waals surface area contributed by atoms with Crippen molar-refractivity contribution >= 4 is 5.91 Å². The van der Waals surface area contributed by atoms with Gasteiger partial charge in [-0.15, -0.1) is 0 Å². The molecule has 0 bridgehead atoms. The van der Waals surface area contributed by atoms with Crippen LogP contribution >= 0.6 is 0 Å². The van der Waals surface area contributed by atoms with Crippen LogP contribution in [-0.2, 0) is 14.3 Å². The number of methoxy groups -OCH3 is 1. The third kappa shape index (κ3) is 7.97. The monoisotopic (exact) mass is 204 g/mol. The van der Waals surface area contributed by atoms with Crippen LogP contribution in [0, 0.1) is 0 Å². The van der Waals surface area contributed by atoms with Gasteiger partial charge in [-0.05, 0) is 19.9 Å². The zero-order valence-electron chi connectivity index (χ0n) is 8.91. The fourth-order valence-corrected chi connectivity index (χ4v) is 0.958. The molecule has 0 aliphatic heterocycles. The zero-order chi connectivity index (χ0) is 10.8. The van der Waals surface area contributed by atoms with Gasteiger partial charge in [-0.2, -0.15) is 0 Å². The number of hydrogen-bond donors (Lipinski definition) is 2. The second kappa shape index (κ2) is 8.93. The van der Waals surface area contributed by atoms with Crippen LogP contribution in [0.5, 0.6) is 0 Å². The lowest BCUT2D eigenvalue weighted by atomic mass is 10.3. The molecular weight excluding hydrogens is 184 g/mol. The Morgan fingerprint density at radius 2 is 2.29 bits per heavy atom. The summed E-state index contributed by atoms with van der Waals surface area (Å²) in [4.78, 5) is 11.2. The molecule has 1 atom stereocenters. The molecule has 0 aromatic rings. The summed E-state index contributed by atoms with van der Waals surface area (Å²) < 4.78 is 9.96. The van der Waals surface area contributed by atoms with Crippen LogP contribution in [0.1, 0.15) is 13.3 Å². The Morgan fingerprint density at radius 1 is 1.57 bits per heavy atom. The van der Waals surface area contributed by atoms with Crippen LogP contribution < -0.4 is 11.1 Å². The smallest absolute Gasteiger partial charge is 0.246 e. The van der Waals surface area contributed by atoms with Gasteiger partial charge in [-0.25, -0.2) is 0 Å². The summed E-state index contributed by atoms with van der Waals surface area (Å²) in [5.74, 6) is -0.119.